The Morgan fingerprint density at radius 3 is 2.70 bits per heavy atom. The summed E-state index contributed by atoms with van der Waals surface area (Å²) in [6.45, 7) is 2.14. The van der Waals surface area contributed by atoms with Crippen LogP contribution in [0, 0.1) is 17.0 Å². The van der Waals surface area contributed by atoms with E-state index in [1.54, 1.807) is 23.7 Å². The number of anilines is 1. The van der Waals surface area contributed by atoms with E-state index in [0.29, 0.717) is 29.3 Å². The first-order chi connectivity index (χ1) is 12.5. The number of nitro benzene ring substituents is 1. The molecule has 2 N–H and O–H groups in total. The van der Waals surface area contributed by atoms with Crippen LogP contribution in [0.4, 0.5) is 22.9 Å². The van der Waals surface area contributed by atoms with E-state index in [4.69, 9.17) is 5.73 Å². The Balaban J connectivity index is 0.00000261. The first-order valence-corrected chi connectivity index (χ1v) is 7.87. The average Bonchev–Trinajstić information content (AvgIpc) is 2.94. The molecule has 0 spiro atoms. The summed E-state index contributed by atoms with van der Waals surface area (Å²) in [7, 11) is 1.94. The van der Waals surface area contributed by atoms with Crippen molar-refractivity contribution in [1.29, 1.82) is 0 Å². The molecule has 3 aromatic rings. The molecule has 0 unspecified atom stereocenters. The van der Waals surface area contributed by atoms with Crippen LogP contribution >= 0.6 is 0 Å². The predicted octanol–water partition coefficient (Wildman–Crippen LogP) is -0.0259. The lowest BCUT2D eigenvalue weighted by Crippen LogP contribution is -3.00. The van der Waals surface area contributed by atoms with Gasteiger partial charge in [0, 0.05) is 17.7 Å². The fourth-order valence-corrected chi connectivity index (χ4v) is 2.53. The van der Waals surface area contributed by atoms with Gasteiger partial charge in [0.05, 0.1) is 28.9 Å². The molecule has 0 fully saturated rings. The summed E-state index contributed by atoms with van der Waals surface area (Å²) in [5, 5.41) is 23.4. The highest BCUT2D eigenvalue weighted by Crippen LogP contribution is 2.30. The number of nitrogen functional groups attached to an aromatic ring is 1. The van der Waals surface area contributed by atoms with Crippen LogP contribution in [-0.4, -0.2) is 14.7 Å². The summed E-state index contributed by atoms with van der Waals surface area (Å²) in [6, 6.07) is 8.59. The number of aryl methyl sites for hydroxylation is 1. The minimum Gasteiger partial charge on any atom is -1.00 e. The number of halogens is 1. The normalized spacial score (nSPS) is 10.7. The largest absolute Gasteiger partial charge is 1.00 e. The van der Waals surface area contributed by atoms with E-state index >= 15 is 0 Å². The van der Waals surface area contributed by atoms with Gasteiger partial charge in [-0.2, -0.15) is 5.10 Å². The van der Waals surface area contributed by atoms with Crippen molar-refractivity contribution in [3.63, 3.8) is 0 Å². The lowest BCUT2D eigenvalue weighted by molar-refractivity contribution is -0.671. The molecule has 0 bridgehead atoms. The zero-order valence-corrected chi connectivity index (χ0v) is 15.5. The van der Waals surface area contributed by atoms with Gasteiger partial charge in [-0.1, -0.05) is 6.07 Å². The molecule has 9 nitrogen and oxygen atoms in total. The minimum absolute atomic E-state index is 0. The summed E-state index contributed by atoms with van der Waals surface area (Å²) >= 11 is 0. The van der Waals surface area contributed by atoms with Crippen molar-refractivity contribution in [2.75, 3.05) is 5.73 Å². The molecule has 0 saturated carbocycles. The third kappa shape index (κ3) is 4.45. The van der Waals surface area contributed by atoms with Crippen molar-refractivity contribution < 1.29 is 21.9 Å². The van der Waals surface area contributed by atoms with E-state index in [2.05, 4.69) is 15.3 Å². The standard InChI is InChI=1S/C17H18N7O2.ClH/c1-12-14(6-3-7-16(12)24(25)26)20-21-15-9-19-23(17(15)18)11-13-5-4-8-22(2)10-13;/h3-10H,11,18H2,1-2H3;1H/q+1;/p-1. The second kappa shape index (κ2) is 8.37. The van der Waals surface area contributed by atoms with Gasteiger partial charge in [-0.25, -0.2) is 9.25 Å². The minimum atomic E-state index is -0.444. The summed E-state index contributed by atoms with van der Waals surface area (Å²) in [4.78, 5) is 10.6. The van der Waals surface area contributed by atoms with Gasteiger partial charge in [0.1, 0.15) is 18.6 Å². The smallest absolute Gasteiger partial charge is 0.274 e. The highest BCUT2D eigenvalue weighted by atomic mass is 35.5. The highest BCUT2D eigenvalue weighted by molar-refractivity contribution is 5.59. The Morgan fingerprint density at radius 1 is 1.26 bits per heavy atom. The van der Waals surface area contributed by atoms with Crippen LogP contribution in [-0.2, 0) is 13.6 Å². The fraction of sp³-hybridized carbons (Fsp3) is 0.176. The Morgan fingerprint density at radius 2 is 2.00 bits per heavy atom. The van der Waals surface area contributed by atoms with Gasteiger partial charge in [-0.05, 0) is 19.1 Å². The van der Waals surface area contributed by atoms with Crippen LogP contribution < -0.4 is 22.7 Å². The molecule has 27 heavy (non-hydrogen) atoms. The van der Waals surface area contributed by atoms with Crippen LogP contribution in [0.5, 0.6) is 0 Å². The molecule has 0 atom stereocenters. The number of aromatic nitrogens is 3. The van der Waals surface area contributed by atoms with E-state index in [-0.39, 0.29) is 18.1 Å². The molecular weight excluding hydrogens is 370 g/mol. The van der Waals surface area contributed by atoms with E-state index in [1.807, 2.05) is 36.1 Å². The fourth-order valence-electron chi connectivity index (χ4n) is 2.53. The molecule has 0 aliphatic carbocycles. The van der Waals surface area contributed by atoms with Crippen LogP contribution in [0.15, 0.2) is 59.2 Å². The second-order valence-electron chi connectivity index (χ2n) is 5.83. The summed E-state index contributed by atoms with van der Waals surface area (Å²) in [6.07, 6.45) is 5.44. The van der Waals surface area contributed by atoms with Gasteiger partial charge in [0.2, 0.25) is 0 Å². The van der Waals surface area contributed by atoms with Crippen LogP contribution in [0.3, 0.4) is 0 Å². The lowest BCUT2D eigenvalue weighted by Gasteiger charge is -2.03. The number of benzene rings is 1. The number of nitrogens with two attached hydrogens (primary N) is 1. The quantitative estimate of drug-likeness (QED) is 0.286. The predicted molar refractivity (Wildman–Crippen MR) is 95.4 cm³/mol. The van der Waals surface area contributed by atoms with Gasteiger partial charge in [-0.15, -0.1) is 10.2 Å². The third-order valence-electron chi connectivity index (χ3n) is 3.93. The number of hydrogen-bond donors (Lipinski definition) is 1. The molecule has 140 valence electrons. The zero-order valence-electron chi connectivity index (χ0n) is 14.8. The maximum absolute atomic E-state index is 11.0. The van der Waals surface area contributed by atoms with Crippen LogP contribution in [0.1, 0.15) is 11.1 Å². The Kier molecular flexibility index (Phi) is 6.19. The Hall–Kier alpha value is -3.33. The molecular formula is C17H18ClN7O2. The molecule has 10 heteroatoms. The number of nitro groups is 1. The number of pyridine rings is 1. The van der Waals surface area contributed by atoms with Gasteiger partial charge >= 0.3 is 0 Å². The average molecular weight is 388 g/mol. The number of hydrogen-bond acceptors (Lipinski definition) is 6. The maximum atomic E-state index is 11.0. The Bertz CT molecular complexity index is 1000. The molecule has 0 aliphatic rings. The maximum Gasteiger partial charge on any atom is 0.274 e. The summed E-state index contributed by atoms with van der Waals surface area (Å²) in [5.74, 6) is 0.378. The molecule has 3 rings (SSSR count). The van der Waals surface area contributed by atoms with Crippen LogP contribution in [0.25, 0.3) is 0 Å². The van der Waals surface area contributed by atoms with Crippen molar-refractivity contribution in [3.05, 3.63) is 70.2 Å². The SMILES string of the molecule is Cc1c(N=Nc2cnn(Cc3ccc[n+](C)c3)c2N)cccc1[N+](=O)[O-].[Cl-]. The van der Waals surface area contributed by atoms with Crippen molar-refractivity contribution in [1.82, 2.24) is 9.78 Å². The molecule has 2 heterocycles. The second-order valence-corrected chi connectivity index (χ2v) is 5.83. The first kappa shape index (κ1) is 20.0. The molecule has 0 saturated heterocycles. The first-order valence-electron chi connectivity index (χ1n) is 7.87. The molecule has 0 aliphatic heterocycles. The number of nitrogens with zero attached hydrogens (tertiary/aromatic N) is 6. The van der Waals surface area contributed by atoms with E-state index in [1.165, 1.54) is 12.3 Å². The van der Waals surface area contributed by atoms with Crippen molar-refractivity contribution in [2.45, 2.75) is 13.5 Å². The summed E-state index contributed by atoms with van der Waals surface area (Å²) in [5.41, 5.74) is 8.43. The van der Waals surface area contributed by atoms with E-state index < -0.39 is 4.92 Å². The molecule has 0 amide bonds. The molecule has 1 aromatic carbocycles. The van der Waals surface area contributed by atoms with Gasteiger partial charge in [0.25, 0.3) is 5.69 Å². The third-order valence-corrected chi connectivity index (χ3v) is 3.93. The lowest BCUT2D eigenvalue weighted by atomic mass is 10.1. The van der Waals surface area contributed by atoms with Gasteiger partial charge in [-0.3, -0.25) is 10.1 Å². The zero-order chi connectivity index (χ0) is 18.7. The van der Waals surface area contributed by atoms with Crippen molar-refractivity contribution in [2.24, 2.45) is 17.3 Å². The van der Waals surface area contributed by atoms with Crippen molar-refractivity contribution in [3.8, 4) is 0 Å². The number of azo groups is 1. The van der Waals surface area contributed by atoms with Crippen LogP contribution in [0.2, 0.25) is 0 Å². The van der Waals surface area contributed by atoms with Gasteiger partial charge < -0.3 is 18.1 Å². The monoisotopic (exact) mass is 387 g/mol. The number of rotatable bonds is 5. The molecule has 0 radical (unpaired) electrons. The Labute approximate surface area is 161 Å². The molecule has 2 aromatic heterocycles. The topological polar surface area (TPSA) is 116 Å². The van der Waals surface area contributed by atoms with Crippen molar-refractivity contribution >= 4 is 22.9 Å². The van der Waals surface area contributed by atoms with E-state index in [0.717, 1.165) is 5.56 Å². The van der Waals surface area contributed by atoms with Gasteiger partial charge in [0.15, 0.2) is 12.4 Å². The van der Waals surface area contributed by atoms with E-state index in [9.17, 15) is 10.1 Å². The summed E-state index contributed by atoms with van der Waals surface area (Å²) < 4.78 is 3.57. The highest BCUT2D eigenvalue weighted by Gasteiger charge is 2.13.